The van der Waals surface area contributed by atoms with Crippen LogP contribution in [0.25, 0.3) is 0 Å². The quantitative estimate of drug-likeness (QED) is 0.831. The first-order chi connectivity index (χ1) is 8.69. The van der Waals surface area contributed by atoms with Crippen LogP contribution in [0.1, 0.15) is 0 Å². The average molecular weight is 315 g/mol. The Morgan fingerprint density at radius 3 is 2.58 bits per heavy atom. The maximum Gasteiger partial charge on any atom is 0.405 e. The molecular weight excluding hydrogens is 305 g/mol. The third kappa shape index (κ3) is 5.48. The molecule has 1 atom stereocenters. The standard InChI is InChI=1S/C10H10ClF3N2O2S/c11-7-3-6(1-2-8(7)15)19(18)4-9(17)16-5-10(12,13)14/h1-3H,4-5,15H2,(H,16,17). The van der Waals surface area contributed by atoms with E-state index in [4.69, 9.17) is 17.3 Å². The molecule has 0 heterocycles. The van der Waals surface area contributed by atoms with Gasteiger partial charge in [-0.3, -0.25) is 9.00 Å². The van der Waals surface area contributed by atoms with Gasteiger partial charge in [-0.05, 0) is 18.2 Å². The number of hydrogen-bond donors (Lipinski definition) is 2. The normalized spacial score (nSPS) is 13.1. The van der Waals surface area contributed by atoms with E-state index < -0.39 is 35.2 Å². The molecule has 1 unspecified atom stereocenters. The van der Waals surface area contributed by atoms with E-state index in [0.29, 0.717) is 0 Å². The van der Waals surface area contributed by atoms with Crippen LogP contribution in [0.5, 0.6) is 0 Å². The van der Waals surface area contributed by atoms with Gasteiger partial charge in [0.05, 0.1) is 21.5 Å². The monoisotopic (exact) mass is 314 g/mol. The number of carbonyl (C=O) groups excluding carboxylic acids is 1. The van der Waals surface area contributed by atoms with Crippen molar-refractivity contribution < 1.29 is 22.2 Å². The second-order valence-corrected chi connectivity index (χ2v) is 5.42. The minimum absolute atomic E-state index is 0.168. The number of rotatable bonds is 4. The topological polar surface area (TPSA) is 72.2 Å². The first kappa shape index (κ1) is 15.8. The zero-order chi connectivity index (χ0) is 14.6. The number of nitrogens with two attached hydrogens (primary N) is 1. The Morgan fingerprint density at radius 1 is 1.42 bits per heavy atom. The minimum atomic E-state index is -4.50. The van der Waals surface area contributed by atoms with Crippen molar-refractivity contribution in [1.82, 2.24) is 5.32 Å². The summed E-state index contributed by atoms with van der Waals surface area (Å²) in [5.41, 5.74) is 5.73. The number of carbonyl (C=O) groups is 1. The summed E-state index contributed by atoms with van der Waals surface area (Å²) in [7, 11) is -1.78. The van der Waals surface area contributed by atoms with E-state index in [1.165, 1.54) is 18.2 Å². The molecule has 0 saturated heterocycles. The molecular formula is C10H10ClF3N2O2S. The van der Waals surface area contributed by atoms with E-state index in [9.17, 15) is 22.2 Å². The molecule has 0 saturated carbocycles. The van der Waals surface area contributed by atoms with Crippen molar-refractivity contribution in [2.75, 3.05) is 18.0 Å². The Balaban J connectivity index is 2.59. The largest absolute Gasteiger partial charge is 0.405 e. The van der Waals surface area contributed by atoms with Gasteiger partial charge < -0.3 is 11.1 Å². The molecule has 3 N–H and O–H groups in total. The summed E-state index contributed by atoms with van der Waals surface area (Å²) in [6.07, 6.45) is -4.50. The summed E-state index contributed by atoms with van der Waals surface area (Å²) in [5.74, 6) is -1.53. The van der Waals surface area contributed by atoms with Crippen LogP contribution in [0.3, 0.4) is 0 Å². The molecule has 0 fully saturated rings. The highest BCUT2D eigenvalue weighted by molar-refractivity contribution is 7.85. The van der Waals surface area contributed by atoms with E-state index in [2.05, 4.69) is 0 Å². The van der Waals surface area contributed by atoms with Gasteiger partial charge in [0.2, 0.25) is 5.91 Å². The maximum atomic E-state index is 11.9. The number of alkyl halides is 3. The van der Waals surface area contributed by atoms with Gasteiger partial charge in [0.15, 0.2) is 0 Å². The first-order valence-electron chi connectivity index (χ1n) is 4.96. The van der Waals surface area contributed by atoms with Gasteiger partial charge in [-0.1, -0.05) is 11.6 Å². The fourth-order valence-corrected chi connectivity index (χ4v) is 2.32. The van der Waals surface area contributed by atoms with Crippen molar-refractivity contribution in [3.8, 4) is 0 Å². The molecule has 1 amide bonds. The fourth-order valence-electron chi connectivity index (χ4n) is 1.10. The van der Waals surface area contributed by atoms with Crippen molar-refractivity contribution >= 4 is 34.0 Å². The van der Waals surface area contributed by atoms with Crippen molar-refractivity contribution in [3.05, 3.63) is 23.2 Å². The van der Waals surface area contributed by atoms with Crippen molar-refractivity contribution in [3.63, 3.8) is 0 Å². The summed E-state index contributed by atoms with van der Waals surface area (Å²) in [6.45, 7) is -1.45. The maximum absolute atomic E-state index is 11.9. The van der Waals surface area contributed by atoms with Crippen LogP contribution in [0.4, 0.5) is 18.9 Å². The molecule has 1 aromatic rings. The fraction of sp³-hybridized carbons (Fsp3) is 0.300. The molecule has 0 radical (unpaired) electrons. The summed E-state index contributed by atoms with van der Waals surface area (Å²) in [4.78, 5) is 11.4. The zero-order valence-corrected chi connectivity index (χ0v) is 11.0. The second-order valence-electron chi connectivity index (χ2n) is 3.57. The highest BCUT2D eigenvalue weighted by Crippen LogP contribution is 2.21. The molecule has 0 bridgehead atoms. The molecule has 1 rings (SSSR count). The van der Waals surface area contributed by atoms with Crippen molar-refractivity contribution in [2.24, 2.45) is 0 Å². The molecule has 9 heteroatoms. The number of nitrogens with one attached hydrogen (secondary N) is 1. The van der Waals surface area contributed by atoms with Crippen LogP contribution in [0.2, 0.25) is 5.02 Å². The van der Waals surface area contributed by atoms with Gasteiger partial charge in [0.25, 0.3) is 0 Å². The Bertz CT molecular complexity index is 508. The van der Waals surface area contributed by atoms with Crippen LogP contribution in [0.15, 0.2) is 23.1 Å². The lowest BCUT2D eigenvalue weighted by Gasteiger charge is -2.08. The molecule has 0 spiro atoms. The van der Waals surface area contributed by atoms with Gasteiger partial charge in [0, 0.05) is 4.90 Å². The minimum Gasteiger partial charge on any atom is -0.398 e. The molecule has 1 aromatic carbocycles. The smallest absolute Gasteiger partial charge is 0.398 e. The van der Waals surface area contributed by atoms with E-state index >= 15 is 0 Å². The second kappa shape index (κ2) is 6.25. The molecule has 4 nitrogen and oxygen atoms in total. The Morgan fingerprint density at radius 2 is 2.05 bits per heavy atom. The average Bonchev–Trinajstić information content (AvgIpc) is 2.29. The molecule has 19 heavy (non-hydrogen) atoms. The summed E-state index contributed by atoms with van der Waals surface area (Å²) in [6, 6.07) is 4.11. The van der Waals surface area contributed by atoms with Crippen LogP contribution < -0.4 is 11.1 Å². The van der Waals surface area contributed by atoms with Gasteiger partial charge >= 0.3 is 6.18 Å². The van der Waals surface area contributed by atoms with E-state index in [1.807, 2.05) is 0 Å². The third-order valence-electron chi connectivity index (χ3n) is 1.98. The first-order valence-corrected chi connectivity index (χ1v) is 6.65. The third-order valence-corrected chi connectivity index (χ3v) is 3.61. The lowest BCUT2D eigenvalue weighted by molar-refractivity contribution is -0.136. The van der Waals surface area contributed by atoms with Crippen LogP contribution in [-0.4, -0.2) is 28.6 Å². The molecule has 0 aliphatic heterocycles. The lowest BCUT2D eigenvalue weighted by Crippen LogP contribution is -2.36. The number of amides is 1. The van der Waals surface area contributed by atoms with Crippen LogP contribution in [-0.2, 0) is 15.6 Å². The number of anilines is 1. The molecule has 0 aliphatic carbocycles. The molecule has 106 valence electrons. The highest BCUT2D eigenvalue weighted by atomic mass is 35.5. The van der Waals surface area contributed by atoms with Crippen molar-refractivity contribution in [2.45, 2.75) is 11.1 Å². The SMILES string of the molecule is Nc1ccc(S(=O)CC(=O)NCC(F)(F)F)cc1Cl. The zero-order valence-electron chi connectivity index (χ0n) is 9.46. The van der Waals surface area contributed by atoms with Gasteiger partial charge in [-0.2, -0.15) is 13.2 Å². The van der Waals surface area contributed by atoms with Gasteiger partial charge in [-0.25, -0.2) is 0 Å². The Labute approximate surface area is 114 Å². The van der Waals surface area contributed by atoms with Gasteiger partial charge in [-0.15, -0.1) is 0 Å². The van der Waals surface area contributed by atoms with Crippen LogP contribution >= 0.6 is 11.6 Å². The van der Waals surface area contributed by atoms with Gasteiger partial charge in [0.1, 0.15) is 12.3 Å². The number of benzene rings is 1. The van der Waals surface area contributed by atoms with Crippen molar-refractivity contribution in [1.29, 1.82) is 0 Å². The van der Waals surface area contributed by atoms with Crippen LogP contribution in [0, 0.1) is 0 Å². The Hall–Kier alpha value is -1.28. The van der Waals surface area contributed by atoms with E-state index in [1.54, 1.807) is 5.32 Å². The Kier molecular flexibility index (Phi) is 5.19. The number of halogens is 4. The molecule has 0 aromatic heterocycles. The molecule has 0 aliphatic rings. The lowest BCUT2D eigenvalue weighted by atomic mass is 10.3. The van der Waals surface area contributed by atoms with E-state index in [0.717, 1.165) is 0 Å². The predicted molar refractivity (Wildman–Crippen MR) is 66.2 cm³/mol. The van der Waals surface area contributed by atoms with E-state index in [-0.39, 0.29) is 15.6 Å². The number of hydrogen-bond acceptors (Lipinski definition) is 3. The predicted octanol–water partition coefficient (Wildman–Crippen LogP) is 1.71. The summed E-state index contributed by atoms with van der Waals surface area (Å²) in [5, 5.41) is 1.80. The summed E-state index contributed by atoms with van der Waals surface area (Å²) >= 11 is 5.71. The summed E-state index contributed by atoms with van der Waals surface area (Å²) < 4.78 is 47.3. The number of nitrogen functional groups attached to an aromatic ring is 1. The highest BCUT2D eigenvalue weighted by Gasteiger charge is 2.28.